The van der Waals surface area contributed by atoms with Crippen LogP contribution in [0.4, 0.5) is 0 Å². The first-order chi connectivity index (χ1) is 15.9. The van der Waals surface area contributed by atoms with Crippen LogP contribution < -0.4 is 10.0 Å². The summed E-state index contributed by atoms with van der Waals surface area (Å²) in [6, 6.07) is 18.3. The van der Waals surface area contributed by atoms with E-state index in [0.29, 0.717) is 25.1 Å². The van der Waals surface area contributed by atoms with Gasteiger partial charge in [-0.2, -0.15) is 5.10 Å². The molecule has 1 amide bonds. The fraction of sp³-hybridized carbons (Fsp3) is 0.280. The Balaban J connectivity index is 0.000000331. The van der Waals surface area contributed by atoms with Crippen LogP contribution >= 0.6 is 0 Å². The van der Waals surface area contributed by atoms with E-state index >= 15 is 0 Å². The second-order valence-electron chi connectivity index (χ2n) is 7.86. The van der Waals surface area contributed by atoms with Crippen molar-refractivity contribution in [2.24, 2.45) is 5.10 Å². The maximum atomic E-state index is 12.8. The number of carbonyl (C=O) groups excluding carboxylic acids is 2. The standard InChI is InChI=1S/C21H23N3O.C4H4O4/c25-20-16-18-10-4-5-11-19(18)21(17-8-2-1-3-9-17)22-24(20)15-14-23-12-6-7-13-23;5-3(6)1-2-4(7)8/h1-5,8-11H,6-7,12-16H2;1-2H,(H,5,6)(H,7,8)/b;2-1-. The molecule has 2 N–H and O–H groups in total. The molecule has 1 fully saturated rings. The van der Waals surface area contributed by atoms with Gasteiger partial charge in [-0.3, -0.25) is 4.79 Å². The lowest BCUT2D eigenvalue weighted by Crippen LogP contribution is -3.10. The number of hydrazone groups is 1. The van der Waals surface area contributed by atoms with Crippen molar-refractivity contribution in [1.29, 1.82) is 0 Å². The Hall–Kier alpha value is -3.78. The number of rotatable bonds is 6. The van der Waals surface area contributed by atoms with Crippen LogP contribution in [0.1, 0.15) is 29.5 Å². The summed E-state index contributed by atoms with van der Waals surface area (Å²) in [7, 11) is 0. The second-order valence-corrected chi connectivity index (χ2v) is 7.86. The topological polar surface area (TPSA) is 115 Å². The summed E-state index contributed by atoms with van der Waals surface area (Å²) in [5.74, 6) is -2.71. The maximum absolute atomic E-state index is 12.8. The van der Waals surface area contributed by atoms with Crippen molar-refractivity contribution in [3.8, 4) is 0 Å². The number of aliphatic carboxylic acids is 2. The normalized spacial score (nSPS) is 15.9. The van der Waals surface area contributed by atoms with E-state index in [1.54, 1.807) is 9.91 Å². The molecule has 0 bridgehead atoms. The van der Waals surface area contributed by atoms with E-state index in [1.165, 1.54) is 25.9 Å². The van der Waals surface area contributed by atoms with Gasteiger partial charge in [0.15, 0.2) is 0 Å². The highest BCUT2D eigenvalue weighted by atomic mass is 16.4. The monoisotopic (exact) mass is 449 g/mol. The van der Waals surface area contributed by atoms with Gasteiger partial charge >= 0.3 is 5.97 Å². The van der Waals surface area contributed by atoms with Crippen molar-refractivity contribution in [1.82, 2.24) is 5.01 Å². The molecule has 0 aliphatic carbocycles. The number of nitrogens with zero attached hydrogens (tertiary/aromatic N) is 2. The van der Waals surface area contributed by atoms with Crippen LogP contribution in [0.5, 0.6) is 0 Å². The van der Waals surface area contributed by atoms with E-state index in [9.17, 15) is 19.5 Å². The minimum Gasteiger partial charge on any atom is -0.545 e. The molecule has 1 saturated heterocycles. The molecule has 172 valence electrons. The third-order valence-electron chi connectivity index (χ3n) is 5.52. The first-order valence-corrected chi connectivity index (χ1v) is 10.9. The molecule has 0 unspecified atom stereocenters. The highest BCUT2D eigenvalue weighted by molar-refractivity contribution is 6.15. The second kappa shape index (κ2) is 11.7. The molecule has 0 atom stereocenters. The molecule has 33 heavy (non-hydrogen) atoms. The molecule has 2 aliphatic heterocycles. The minimum absolute atomic E-state index is 0.0944. The highest BCUT2D eigenvalue weighted by Crippen LogP contribution is 2.21. The number of hydrogen-bond donors (Lipinski definition) is 2. The van der Waals surface area contributed by atoms with E-state index < -0.39 is 11.9 Å². The third-order valence-corrected chi connectivity index (χ3v) is 5.52. The molecule has 0 spiro atoms. The van der Waals surface area contributed by atoms with E-state index in [4.69, 9.17) is 10.2 Å². The van der Waals surface area contributed by atoms with Gasteiger partial charge in [0.2, 0.25) is 5.91 Å². The van der Waals surface area contributed by atoms with Crippen LogP contribution in [0.25, 0.3) is 0 Å². The Labute approximate surface area is 192 Å². The van der Waals surface area contributed by atoms with E-state index in [1.807, 2.05) is 36.4 Å². The van der Waals surface area contributed by atoms with Crippen molar-refractivity contribution in [3.63, 3.8) is 0 Å². The van der Waals surface area contributed by atoms with Gasteiger partial charge in [0.1, 0.15) is 0 Å². The number of amides is 1. The summed E-state index contributed by atoms with van der Waals surface area (Å²) in [5.41, 5.74) is 4.09. The molecule has 2 aromatic carbocycles. The van der Waals surface area contributed by atoms with Gasteiger partial charge in [-0.15, -0.1) is 0 Å². The van der Waals surface area contributed by atoms with Crippen LogP contribution in [0.15, 0.2) is 71.9 Å². The molecule has 2 aromatic rings. The quantitative estimate of drug-likeness (QED) is 0.597. The highest BCUT2D eigenvalue weighted by Gasteiger charge is 2.25. The summed E-state index contributed by atoms with van der Waals surface area (Å²) in [4.78, 5) is 33.3. The van der Waals surface area contributed by atoms with Gasteiger partial charge in [0, 0.05) is 30.0 Å². The van der Waals surface area contributed by atoms with Gasteiger partial charge in [-0.1, -0.05) is 54.6 Å². The zero-order valence-corrected chi connectivity index (χ0v) is 18.3. The van der Waals surface area contributed by atoms with E-state index in [0.717, 1.165) is 28.9 Å². The van der Waals surface area contributed by atoms with Crippen LogP contribution in [0.3, 0.4) is 0 Å². The lowest BCUT2D eigenvalue weighted by Gasteiger charge is -2.19. The van der Waals surface area contributed by atoms with Gasteiger partial charge in [-0.25, -0.2) is 9.80 Å². The lowest BCUT2D eigenvalue weighted by atomic mass is 9.96. The summed E-state index contributed by atoms with van der Waals surface area (Å²) in [6.45, 7) is 4.11. The number of carboxylic acid groups (broad SMARTS) is 2. The number of hydrogen-bond acceptors (Lipinski definition) is 5. The number of carbonyl (C=O) groups is 3. The van der Waals surface area contributed by atoms with Gasteiger partial charge in [0.25, 0.3) is 0 Å². The van der Waals surface area contributed by atoms with Crippen LogP contribution in [0.2, 0.25) is 0 Å². The SMILES string of the molecule is O=C([O-])/C=C\C(=O)O.O=C1Cc2ccccc2C(c2ccccc2)=NN1CC[NH+]1CCCC1. The molecule has 0 radical (unpaired) electrons. The molecular weight excluding hydrogens is 422 g/mol. The van der Waals surface area contributed by atoms with E-state index in [-0.39, 0.29) is 5.91 Å². The lowest BCUT2D eigenvalue weighted by molar-refractivity contribution is -0.886. The first kappa shape index (κ1) is 23.9. The molecule has 4 rings (SSSR count). The number of nitrogens with one attached hydrogen (secondary N) is 1. The smallest absolute Gasteiger partial charge is 0.328 e. The zero-order valence-electron chi connectivity index (χ0n) is 18.3. The fourth-order valence-electron chi connectivity index (χ4n) is 3.90. The molecule has 8 nitrogen and oxygen atoms in total. The van der Waals surface area contributed by atoms with Crippen LogP contribution in [-0.4, -0.2) is 59.9 Å². The van der Waals surface area contributed by atoms with Crippen molar-refractivity contribution in [3.05, 3.63) is 83.4 Å². The van der Waals surface area contributed by atoms with Crippen LogP contribution in [-0.2, 0) is 20.8 Å². The Morgan fingerprint density at radius 3 is 2.33 bits per heavy atom. The Kier molecular flexibility index (Phi) is 8.49. The number of benzene rings is 2. The molecule has 2 heterocycles. The van der Waals surface area contributed by atoms with Crippen molar-refractivity contribution < 1.29 is 29.5 Å². The summed E-state index contributed by atoms with van der Waals surface area (Å²) >= 11 is 0. The Morgan fingerprint density at radius 2 is 1.70 bits per heavy atom. The largest absolute Gasteiger partial charge is 0.545 e. The molecule has 0 saturated carbocycles. The minimum atomic E-state index is -1.51. The zero-order chi connectivity index (χ0) is 23.6. The number of fused-ring (bicyclic) bond motifs is 1. The summed E-state index contributed by atoms with van der Waals surface area (Å²) in [5, 5.41) is 23.7. The predicted molar refractivity (Wildman–Crippen MR) is 121 cm³/mol. The predicted octanol–water partition coefficient (Wildman–Crippen LogP) is -0.120. The molecular formula is C25H27N3O5. The molecule has 0 aromatic heterocycles. The fourth-order valence-corrected chi connectivity index (χ4v) is 3.90. The number of likely N-dealkylation sites (tertiary alicyclic amines) is 1. The molecule has 8 heteroatoms. The summed E-state index contributed by atoms with van der Waals surface area (Å²) < 4.78 is 0. The van der Waals surface area contributed by atoms with Crippen molar-refractivity contribution in [2.75, 3.05) is 26.2 Å². The van der Waals surface area contributed by atoms with E-state index in [2.05, 4.69) is 18.2 Å². The van der Waals surface area contributed by atoms with Gasteiger partial charge in [0.05, 0.1) is 44.3 Å². The van der Waals surface area contributed by atoms with Gasteiger partial charge < -0.3 is 19.9 Å². The average molecular weight is 450 g/mol. The number of carboxylic acids is 2. The van der Waals surface area contributed by atoms with Crippen molar-refractivity contribution in [2.45, 2.75) is 19.3 Å². The van der Waals surface area contributed by atoms with Crippen molar-refractivity contribution >= 4 is 23.6 Å². The van der Waals surface area contributed by atoms with Gasteiger partial charge in [-0.05, 0) is 11.6 Å². The first-order valence-electron chi connectivity index (χ1n) is 10.9. The van der Waals surface area contributed by atoms with Crippen LogP contribution in [0, 0.1) is 0 Å². The average Bonchev–Trinajstić information content (AvgIpc) is 3.28. The number of quaternary nitrogens is 1. The Bertz CT molecular complexity index is 1030. The summed E-state index contributed by atoms with van der Waals surface area (Å²) in [6.07, 6.45) is 3.96. The Morgan fingerprint density at radius 1 is 1.03 bits per heavy atom. The molecule has 2 aliphatic rings. The third kappa shape index (κ3) is 7.11. The maximum Gasteiger partial charge on any atom is 0.328 e.